The van der Waals surface area contributed by atoms with Gasteiger partial charge in [-0.1, -0.05) is 6.07 Å². The van der Waals surface area contributed by atoms with Crippen LogP contribution in [0.4, 0.5) is 5.82 Å². The zero-order chi connectivity index (χ0) is 12.5. The van der Waals surface area contributed by atoms with Gasteiger partial charge in [0.2, 0.25) is 5.88 Å². The van der Waals surface area contributed by atoms with Crippen LogP contribution in [0.2, 0.25) is 0 Å². The summed E-state index contributed by atoms with van der Waals surface area (Å²) in [6.07, 6.45) is 0. The van der Waals surface area contributed by atoms with Gasteiger partial charge in [-0.3, -0.25) is 0 Å². The summed E-state index contributed by atoms with van der Waals surface area (Å²) in [4.78, 5) is 6.34. The van der Waals surface area contributed by atoms with E-state index in [4.69, 9.17) is 14.6 Å². The van der Waals surface area contributed by atoms with Crippen LogP contribution in [0.25, 0.3) is 0 Å². The number of anilines is 1. The van der Waals surface area contributed by atoms with Crippen molar-refractivity contribution in [3.8, 4) is 5.88 Å². The van der Waals surface area contributed by atoms with Gasteiger partial charge in [-0.15, -0.1) is 0 Å². The van der Waals surface area contributed by atoms with Gasteiger partial charge in [0, 0.05) is 26.3 Å². The Labute approximate surface area is 102 Å². The summed E-state index contributed by atoms with van der Waals surface area (Å²) in [6, 6.07) is 5.61. The molecule has 0 radical (unpaired) electrons. The Morgan fingerprint density at radius 2 is 2.18 bits per heavy atom. The normalized spacial score (nSPS) is 10.3. The van der Waals surface area contributed by atoms with Crippen molar-refractivity contribution in [2.75, 3.05) is 44.9 Å². The van der Waals surface area contributed by atoms with E-state index in [1.165, 1.54) is 0 Å². The summed E-state index contributed by atoms with van der Waals surface area (Å²) in [7, 11) is 1.65. The molecule has 1 aromatic heterocycles. The lowest BCUT2D eigenvalue weighted by Crippen LogP contribution is -2.30. The highest BCUT2D eigenvalue weighted by Gasteiger charge is 2.08. The molecule has 5 heteroatoms. The molecule has 0 unspecified atom stereocenters. The summed E-state index contributed by atoms with van der Waals surface area (Å²) >= 11 is 0. The highest BCUT2D eigenvalue weighted by atomic mass is 16.5. The molecular formula is C12H20N2O3. The summed E-state index contributed by atoms with van der Waals surface area (Å²) in [5.41, 5.74) is 0. The smallest absolute Gasteiger partial charge is 0.215 e. The van der Waals surface area contributed by atoms with E-state index >= 15 is 0 Å². The first kappa shape index (κ1) is 13.7. The molecule has 0 aliphatic rings. The molecule has 1 rings (SSSR count). The zero-order valence-electron chi connectivity index (χ0n) is 10.4. The predicted molar refractivity (Wildman–Crippen MR) is 66.6 cm³/mol. The van der Waals surface area contributed by atoms with Gasteiger partial charge >= 0.3 is 0 Å². The highest BCUT2D eigenvalue weighted by molar-refractivity contribution is 5.40. The second-order valence-electron chi connectivity index (χ2n) is 3.47. The van der Waals surface area contributed by atoms with Crippen molar-refractivity contribution in [3.05, 3.63) is 18.2 Å². The third kappa shape index (κ3) is 4.58. The number of nitrogens with zero attached hydrogens (tertiary/aromatic N) is 2. The number of methoxy groups -OCH3 is 1. The molecule has 0 amide bonds. The zero-order valence-corrected chi connectivity index (χ0v) is 10.4. The molecule has 0 fully saturated rings. The molecule has 5 nitrogen and oxygen atoms in total. The first-order valence-corrected chi connectivity index (χ1v) is 5.76. The Bertz CT molecular complexity index is 320. The molecule has 1 aromatic rings. The van der Waals surface area contributed by atoms with Gasteiger partial charge in [-0.2, -0.15) is 4.98 Å². The lowest BCUT2D eigenvalue weighted by Gasteiger charge is -2.22. The van der Waals surface area contributed by atoms with Crippen LogP contribution in [0, 0.1) is 0 Å². The minimum Gasteiger partial charge on any atom is -0.478 e. The molecule has 0 aliphatic carbocycles. The molecule has 0 bridgehead atoms. The van der Waals surface area contributed by atoms with Crippen molar-refractivity contribution in [2.24, 2.45) is 0 Å². The molecule has 0 spiro atoms. The van der Waals surface area contributed by atoms with Gasteiger partial charge in [0.1, 0.15) is 5.82 Å². The number of hydrogen-bond acceptors (Lipinski definition) is 5. The fourth-order valence-corrected chi connectivity index (χ4v) is 1.47. The summed E-state index contributed by atoms with van der Waals surface area (Å²) in [6.45, 7) is 4.43. The lowest BCUT2D eigenvalue weighted by atomic mass is 10.4. The number of aromatic nitrogens is 1. The molecule has 0 saturated carbocycles. The van der Waals surface area contributed by atoms with Crippen LogP contribution < -0.4 is 9.64 Å². The van der Waals surface area contributed by atoms with Crippen molar-refractivity contribution >= 4 is 5.82 Å². The summed E-state index contributed by atoms with van der Waals surface area (Å²) in [5.74, 6) is 1.40. The van der Waals surface area contributed by atoms with Crippen molar-refractivity contribution in [1.29, 1.82) is 0 Å². The number of ether oxygens (including phenoxy) is 2. The van der Waals surface area contributed by atoms with E-state index in [0.717, 1.165) is 5.82 Å². The third-order valence-electron chi connectivity index (χ3n) is 2.26. The Hall–Kier alpha value is -1.33. The quantitative estimate of drug-likeness (QED) is 0.732. The average Bonchev–Trinajstić information content (AvgIpc) is 2.35. The summed E-state index contributed by atoms with van der Waals surface area (Å²) in [5, 5.41) is 9.03. The van der Waals surface area contributed by atoms with E-state index in [1.807, 2.05) is 30.0 Å². The van der Waals surface area contributed by atoms with E-state index in [9.17, 15) is 0 Å². The van der Waals surface area contributed by atoms with Crippen molar-refractivity contribution in [2.45, 2.75) is 6.92 Å². The van der Waals surface area contributed by atoms with Crippen molar-refractivity contribution < 1.29 is 14.6 Å². The van der Waals surface area contributed by atoms with E-state index in [-0.39, 0.29) is 6.61 Å². The minimum atomic E-state index is 0.0876. The minimum absolute atomic E-state index is 0.0876. The molecule has 96 valence electrons. The van der Waals surface area contributed by atoms with E-state index in [0.29, 0.717) is 32.2 Å². The Balaban J connectivity index is 2.73. The number of aliphatic hydroxyl groups is 1. The number of hydrogen-bond donors (Lipinski definition) is 1. The molecular weight excluding hydrogens is 220 g/mol. The van der Waals surface area contributed by atoms with Crippen molar-refractivity contribution in [1.82, 2.24) is 4.98 Å². The molecule has 17 heavy (non-hydrogen) atoms. The molecule has 1 N–H and O–H groups in total. The predicted octanol–water partition coefficient (Wildman–Crippen LogP) is 0.925. The van der Waals surface area contributed by atoms with Gasteiger partial charge in [0.25, 0.3) is 0 Å². The van der Waals surface area contributed by atoms with Crippen LogP contribution in [0.1, 0.15) is 6.92 Å². The Morgan fingerprint density at radius 1 is 1.35 bits per heavy atom. The number of rotatable bonds is 8. The van der Waals surface area contributed by atoms with Gasteiger partial charge in [0.05, 0.1) is 19.8 Å². The van der Waals surface area contributed by atoms with Crippen molar-refractivity contribution in [3.63, 3.8) is 0 Å². The van der Waals surface area contributed by atoms with E-state index in [1.54, 1.807) is 7.11 Å². The first-order chi connectivity index (χ1) is 8.31. The maximum Gasteiger partial charge on any atom is 0.215 e. The monoisotopic (exact) mass is 240 g/mol. The summed E-state index contributed by atoms with van der Waals surface area (Å²) < 4.78 is 10.4. The molecule has 1 heterocycles. The fraction of sp³-hybridized carbons (Fsp3) is 0.583. The van der Waals surface area contributed by atoms with Crippen LogP contribution in [0.15, 0.2) is 18.2 Å². The standard InChI is InChI=1S/C12H20N2O3/c1-3-17-12-6-4-5-11(13-12)14(7-9-15)8-10-16-2/h4-6,15H,3,7-10H2,1-2H3. The van der Waals surface area contributed by atoms with Gasteiger partial charge in [-0.25, -0.2) is 0 Å². The topological polar surface area (TPSA) is 54.8 Å². The van der Waals surface area contributed by atoms with E-state index < -0.39 is 0 Å². The highest BCUT2D eigenvalue weighted by Crippen LogP contribution is 2.15. The van der Waals surface area contributed by atoms with Crippen LogP contribution >= 0.6 is 0 Å². The Morgan fingerprint density at radius 3 is 2.82 bits per heavy atom. The second-order valence-corrected chi connectivity index (χ2v) is 3.47. The van der Waals surface area contributed by atoms with E-state index in [2.05, 4.69) is 4.98 Å². The fourth-order valence-electron chi connectivity index (χ4n) is 1.47. The maximum atomic E-state index is 9.03. The lowest BCUT2D eigenvalue weighted by molar-refractivity contribution is 0.202. The van der Waals surface area contributed by atoms with Crippen LogP contribution in [0.3, 0.4) is 0 Å². The Kier molecular flexibility index (Phi) is 6.35. The average molecular weight is 240 g/mol. The molecule has 0 atom stereocenters. The van der Waals surface area contributed by atoms with Crippen LogP contribution in [-0.4, -0.2) is 50.1 Å². The third-order valence-corrected chi connectivity index (χ3v) is 2.26. The van der Waals surface area contributed by atoms with Gasteiger partial charge < -0.3 is 19.5 Å². The second kappa shape index (κ2) is 7.86. The SMILES string of the molecule is CCOc1cccc(N(CCO)CCOC)n1. The maximum absolute atomic E-state index is 9.03. The largest absolute Gasteiger partial charge is 0.478 e. The molecule has 0 aliphatic heterocycles. The van der Waals surface area contributed by atoms with Gasteiger partial charge in [-0.05, 0) is 13.0 Å². The van der Waals surface area contributed by atoms with Crippen LogP contribution in [-0.2, 0) is 4.74 Å². The first-order valence-electron chi connectivity index (χ1n) is 5.76. The number of aliphatic hydroxyl groups excluding tert-OH is 1. The molecule has 0 saturated heterocycles. The number of pyridine rings is 1. The van der Waals surface area contributed by atoms with Crippen LogP contribution in [0.5, 0.6) is 5.88 Å². The molecule has 0 aromatic carbocycles. The van der Waals surface area contributed by atoms with Gasteiger partial charge in [0.15, 0.2) is 0 Å².